The Morgan fingerprint density at radius 3 is 2.60 bits per heavy atom. The van der Waals surface area contributed by atoms with Crippen molar-refractivity contribution in [2.24, 2.45) is 0 Å². The molecule has 1 saturated heterocycles. The molecule has 0 amide bonds. The second-order valence-corrected chi connectivity index (χ2v) is 7.54. The molecule has 7 heteroatoms. The van der Waals surface area contributed by atoms with Crippen LogP contribution in [0, 0.1) is 4.77 Å². The van der Waals surface area contributed by atoms with E-state index in [0.29, 0.717) is 12.7 Å². The Labute approximate surface area is 158 Å². The first-order chi connectivity index (χ1) is 12.2. The van der Waals surface area contributed by atoms with Crippen LogP contribution in [0.1, 0.15) is 31.7 Å². The first-order valence-electron chi connectivity index (χ1n) is 8.98. The fourth-order valence-electron chi connectivity index (χ4n) is 3.76. The first-order valence-corrected chi connectivity index (χ1v) is 9.77. The third kappa shape index (κ3) is 3.53. The maximum Gasteiger partial charge on any atom is 0.199 e. The monoisotopic (exact) mass is 378 g/mol. The van der Waals surface area contributed by atoms with Gasteiger partial charge in [0.05, 0.1) is 24.9 Å². The third-order valence-electron chi connectivity index (χ3n) is 5.11. The molecule has 25 heavy (non-hydrogen) atoms. The number of morpholine rings is 1. The summed E-state index contributed by atoms with van der Waals surface area (Å²) in [5.41, 5.74) is 0.961. The van der Waals surface area contributed by atoms with Gasteiger partial charge < -0.3 is 4.74 Å². The van der Waals surface area contributed by atoms with Gasteiger partial charge in [-0.3, -0.25) is 9.47 Å². The summed E-state index contributed by atoms with van der Waals surface area (Å²) < 4.78 is 10.4. The fourth-order valence-corrected chi connectivity index (χ4v) is 4.32. The van der Waals surface area contributed by atoms with E-state index in [4.69, 9.17) is 33.7 Å². The molecule has 0 bridgehead atoms. The molecule has 0 unspecified atom stereocenters. The molecule has 2 aliphatic rings. The number of halogens is 1. The van der Waals surface area contributed by atoms with E-state index >= 15 is 0 Å². The maximum atomic E-state index is 6.47. The molecule has 1 saturated carbocycles. The molecule has 2 aromatic rings. The van der Waals surface area contributed by atoms with Crippen LogP contribution in [0.4, 0.5) is 0 Å². The molecule has 1 aliphatic carbocycles. The minimum atomic E-state index is 0.428. The number of aromatic nitrogens is 3. The largest absolute Gasteiger partial charge is 0.379 e. The number of benzene rings is 1. The number of nitrogens with zero attached hydrogens (tertiary/aromatic N) is 4. The quantitative estimate of drug-likeness (QED) is 0.749. The van der Waals surface area contributed by atoms with E-state index < -0.39 is 0 Å². The maximum absolute atomic E-state index is 6.47. The molecule has 0 atom stereocenters. The van der Waals surface area contributed by atoms with Gasteiger partial charge in [0, 0.05) is 24.7 Å². The van der Waals surface area contributed by atoms with Crippen LogP contribution in [0.15, 0.2) is 24.3 Å². The van der Waals surface area contributed by atoms with Crippen molar-refractivity contribution in [3.8, 4) is 11.4 Å². The van der Waals surface area contributed by atoms with Gasteiger partial charge in [-0.2, -0.15) is 5.10 Å². The zero-order chi connectivity index (χ0) is 17.2. The van der Waals surface area contributed by atoms with Crippen molar-refractivity contribution >= 4 is 23.8 Å². The van der Waals surface area contributed by atoms with Crippen LogP contribution in [0.3, 0.4) is 0 Å². The van der Waals surface area contributed by atoms with Crippen LogP contribution in [0.5, 0.6) is 0 Å². The summed E-state index contributed by atoms with van der Waals surface area (Å²) in [4.78, 5) is 2.33. The summed E-state index contributed by atoms with van der Waals surface area (Å²) in [5.74, 6) is 0.899. The Hall–Kier alpha value is -1.21. The van der Waals surface area contributed by atoms with Crippen molar-refractivity contribution < 1.29 is 4.74 Å². The van der Waals surface area contributed by atoms with Gasteiger partial charge in [-0.25, -0.2) is 4.68 Å². The molecule has 1 aliphatic heterocycles. The standard InChI is InChI=1S/C18H23ClN4OS/c19-16-8-4-3-7-15(16)17-20-22(13-21-9-11-24-12-10-21)18(25)23(17)14-5-1-2-6-14/h3-4,7-8,14H,1-2,5-6,9-13H2. The zero-order valence-corrected chi connectivity index (χ0v) is 15.8. The summed E-state index contributed by atoms with van der Waals surface area (Å²) in [6.07, 6.45) is 4.83. The van der Waals surface area contributed by atoms with Crippen LogP contribution in [0.2, 0.25) is 5.02 Å². The van der Waals surface area contributed by atoms with Gasteiger partial charge in [-0.15, -0.1) is 0 Å². The minimum Gasteiger partial charge on any atom is -0.379 e. The molecular formula is C18H23ClN4OS. The van der Waals surface area contributed by atoms with Crippen molar-refractivity contribution in [3.05, 3.63) is 34.1 Å². The van der Waals surface area contributed by atoms with Crippen LogP contribution < -0.4 is 0 Å². The molecule has 4 rings (SSSR count). The van der Waals surface area contributed by atoms with Gasteiger partial charge in [-0.1, -0.05) is 36.6 Å². The summed E-state index contributed by atoms with van der Waals surface area (Å²) in [5, 5.41) is 5.61. The van der Waals surface area contributed by atoms with E-state index in [0.717, 1.165) is 60.3 Å². The molecule has 2 heterocycles. The number of rotatable bonds is 4. The minimum absolute atomic E-state index is 0.428. The van der Waals surface area contributed by atoms with E-state index in [1.54, 1.807) is 0 Å². The van der Waals surface area contributed by atoms with Crippen LogP contribution >= 0.6 is 23.8 Å². The molecule has 134 valence electrons. The van der Waals surface area contributed by atoms with Gasteiger partial charge in [0.15, 0.2) is 10.6 Å². The van der Waals surface area contributed by atoms with Gasteiger partial charge in [-0.05, 0) is 37.2 Å². The van der Waals surface area contributed by atoms with E-state index in [9.17, 15) is 0 Å². The molecule has 0 N–H and O–H groups in total. The van der Waals surface area contributed by atoms with Gasteiger partial charge in [0.1, 0.15) is 0 Å². The third-order valence-corrected chi connectivity index (χ3v) is 5.85. The number of ether oxygens (including phenoxy) is 1. The van der Waals surface area contributed by atoms with E-state index in [2.05, 4.69) is 9.47 Å². The van der Waals surface area contributed by atoms with E-state index in [1.165, 1.54) is 12.8 Å². The number of hydrogen-bond donors (Lipinski definition) is 0. The average Bonchev–Trinajstić information content (AvgIpc) is 3.25. The second-order valence-electron chi connectivity index (χ2n) is 6.77. The lowest BCUT2D eigenvalue weighted by Gasteiger charge is -2.26. The Morgan fingerprint density at radius 2 is 1.88 bits per heavy atom. The summed E-state index contributed by atoms with van der Waals surface area (Å²) in [6.45, 7) is 4.08. The average molecular weight is 379 g/mol. The summed E-state index contributed by atoms with van der Waals surface area (Å²) in [7, 11) is 0. The van der Waals surface area contributed by atoms with Crippen LogP contribution in [-0.4, -0.2) is 45.6 Å². The van der Waals surface area contributed by atoms with Gasteiger partial charge in [0.25, 0.3) is 0 Å². The Morgan fingerprint density at radius 1 is 1.16 bits per heavy atom. The van der Waals surface area contributed by atoms with E-state index in [-0.39, 0.29) is 0 Å². The highest BCUT2D eigenvalue weighted by Gasteiger charge is 2.25. The fraction of sp³-hybridized carbons (Fsp3) is 0.556. The van der Waals surface area contributed by atoms with E-state index in [1.807, 2.05) is 28.9 Å². The van der Waals surface area contributed by atoms with Crippen molar-refractivity contribution in [1.29, 1.82) is 0 Å². The Balaban J connectivity index is 1.74. The molecule has 1 aromatic heterocycles. The second kappa shape index (κ2) is 7.58. The highest BCUT2D eigenvalue weighted by Crippen LogP contribution is 2.35. The molecule has 2 fully saturated rings. The van der Waals surface area contributed by atoms with Crippen LogP contribution in [-0.2, 0) is 11.4 Å². The summed E-state index contributed by atoms with van der Waals surface area (Å²) >= 11 is 12.3. The molecule has 1 aromatic carbocycles. The molecule has 5 nitrogen and oxygen atoms in total. The lowest BCUT2D eigenvalue weighted by atomic mass is 10.2. The zero-order valence-electron chi connectivity index (χ0n) is 14.2. The first kappa shape index (κ1) is 17.2. The lowest BCUT2D eigenvalue weighted by molar-refractivity contribution is 0.0209. The SMILES string of the molecule is S=c1n(CN2CCOCC2)nc(-c2ccccc2Cl)n1C1CCCC1. The number of hydrogen-bond acceptors (Lipinski definition) is 4. The van der Waals surface area contributed by atoms with Crippen molar-refractivity contribution in [3.63, 3.8) is 0 Å². The Bertz CT molecular complexity index is 791. The van der Waals surface area contributed by atoms with Gasteiger partial charge >= 0.3 is 0 Å². The molecular weight excluding hydrogens is 356 g/mol. The predicted molar refractivity (Wildman–Crippen MR) is 101 cm³/mol. The van der Waals surface area contributed by atoms with Crippen molar-refractivity contribution in [1.82, 2.24) is 19.2 Å². The lowest BCUT2D eigenvalue weighted by Crippen LogP contribution is -2.37. The topological polar surface area (TPSA) is 35.2 Å². The molecule has 0 spiro atoms. The Kier molecular flexibility index (Phi) is 5.22. The highest BCUT2D eigenvalue weighted by atomic mass is 35.5. The smallest absolute Gasteiger partial charge is 0.199 e. The molecule has 0 radical (unpaired) electrons. The van der Waals surface area contributed by atoms with Crippen molar-refractivity contribution in [2.75, 3.05) is 26.3 Å². The van der Waals surface area contributed by atoms with Crippen LogP contribution in [0.25, 0.3) is 11.4 Å². The van der Waals surface area contributed by atoms with Gasteiger partial charge in [0.2, 0.25) is 0 Å². The summed E-state index contributed by atoms with van der Waals surface area (Å²) in [6, 6.07) is 8.33. The predicted octanol–water partition coefficient (Wildman–Crippen LogP) is 4.14. The highest BCUT2D eigenvalue weighted by molar-refractivity contribution is 7.71. The van der Waals surface area contributed by atoms with Crippen molar-refractivity contribution in [2.45, 2.75) is 38.4 Å². The normalized spacial score (nSPS) is 19.6.